The maximum atomic E-state index is 6.27. The first-order valence-electron chi connectivity index (χ1n) is 5.62. The highest BCUT2D eigenvalue weighted by molar-refractivity contribution is 6.71. The van der Waals surface area contributed by atoms with Crippen molar-refractivity contribution in [3.8, 4) is 0 Å². The number of hydrogen-bond donors (Lipinski definition) is 0. The van der Waals surface area contributed by atoms with E-state index in [4.69, 9.17) is 4.43 Å². The molecule has 2 heteroatoms. The number of rotatable bonds is 3. The van der Waals surface area contributed by atoms with Gasteiger partial charge in [0, 0.05) is 6.10 Å². The summed E-state index contributed by atoms with van der Waals surface area (Å²) in [6.07, 6.45) is 3.22. The first-order valence-corrected chi connectivity index (χ1v) is 8.74. The van der Waals surface area contributed by atoms with E-state index >= 15 is 0 Å². The van der Waals surface area contributed by atoms with Crippen LogP contribution in [-0.2, 0) is 4.43 Å². The second-order valence-electron chi connectivity index (χ2n) is 5.32. The monoisotopic (exact) mass is 200 g/mol. The fourth-order valence-corrected chi connectivity index (χ4v) is 3.48. The van der Waals surface area contributed by atoms with E-state index in [2.05, 4.69) is 33.9 Å². The van der Waals surface area contributed by atoms with Gasteiger partial charge in [-0.25, -0.2) is 0 Å². The van der Waals surface area contributed by atoms with Crippen LogP contribution in [0.5, 0.6) is 0 Å². The molecule has 0 radical (unpaired) electrons. The van der Waals surface area contributed by atoms with Gasteiger partial charge in [0.25, 0.3) is 0 Å². The molecule has 13 heavy (non-hydrogen) atoms. The first-order chi connectivity index (χ1) is 5.94. The number of hydrogen-bond acceptors (Lipinski definition) is 1. The van der Waals surface area contributed by atoms with Gasteiger partial charge in [-0.1, -0.05) is 20.8 Å². The second kappa shape index (κ2) is 4.14. The van der Waals surface area contributed by atoms with Crippen LogP contribution < -0.4 is 0 Å². The van der Waals surface area contributed by atoms with Crippen molar-refractivity contribution in [2.75, 3.05) is 0 Å². The molecule has 1 aliphatic carbocycles. The van der Waals surface area contributed by atoms with Crippen molar-refractivity contribution in [2.24, 2.45) is 11.8 Å². The molecule has 0 aromatic heterocycles. The molecule has 0 amide bonds. The van der Waals surface area contributed by atoms with E-state index in [9.17, 15) is 0 Å². The van der Waals surface area contributed by atoms with Crippen molar-refractivity contribution < 1.29 is 4.43 Å². The Morgan fingerprint density at radius 1 is 1.23 bits per heavy atom. The predicted octanol–water partition coefficient (Wildman–Crippen LogP) is 3.66. The highest BCUT2D eigenvalue weighted by Crippen LogP contribution is 2.34. The molecule has 0 N–H and O–H groups in total. The summed E-state index contributed by atoms with van der Waals surface area (Å²) < 4.78 is 6.27. The Hall–Kier alpha value is 0.177. The van der Waals surface area contributed by atoms with E-state index in [0.717, 1.165) is 11.8 Å². The van der Waals surface area contributed by atoms with Gasteiger partial charge in [0.15, 0.2) is 8.32 Å². The minimum Gasteiger partial charge on any atom is -0.414 e. The Morgan fingerprint density at radius 3 is 2.23 bits per heavy atom. The minimum atomic E-state index is -1.31. The van der Waals surface area contributed by atoms with Crippen molar-refractivity contribution in [3.63, 3.8) is 0 Å². The van der Waals surface area contributed by atoms with E-state index in [1.807, 2.05) is 0 Å². The highest BCUT2D eigenvalue weighted by atomic mass is 28.4. The summed E-state index contributed by atoms with van der Waals surface area (Å²) in [5, 5.41) is 0. The Labute approximate surface area is 84.0 Å². The van der Waals surface area contributed by atoms with Gasteiger partial charge in [0.2, 0.25) is 0 Å². The SMILES string of the molecule is CC[Si](C)(C)OC1CC(C)CC1C. The Balaban J connectivity index is 2.45. The molecule has 0 heterocycles. The van der Waals surface area contributed by atoms with Crippen LogP contribution in [0.1, 0.15) is 33.6 Å². The normalized spacial score (nSPS) is 35.3. The first kappa shape index (κ1) is 11.3. The third kappa shape index (κ3) is 3.10. The summed E-state index contributed by atoms with van der Waals surface area (Å²) in [5.74, 6) is 1.66. The van der Waals surface area contributed by atoms with Crippen LogP contribution in [0.2, 0.25) is 19.1 Å². The molecule has 0 bridgehead atoms. The summed E-state index contributed by atoms with van der Waals surface area (Å²) in [6, 6.07) is 1.24. The largest absolute Gasteiger partial charge is 0.414 e. The molecule has 0 saturated heterocycles. The standard InChI is InChI=1S/C11H24OSi/c1-6-13(4,5)12-11-8-9(2)7-10(11)3/h9-11H,6-8H2,1-5H3. The van der Waals surface area contributed by atoms with E-state index < -0.39 is 8.32 Å². The van der Waals surface area contributed by atoms with Crippen molar-refractivity contribution in [3.05, 3.63) is 0 Å². The van der Waals surface area contributed by atoms with Crippen molar-refractivity contribution in [2.45, 2.75) is 58.9 Å². The lowest BCUT2D eigenvalue weighted by Crippen LogP contribution is -2.35. The van der Waals surface area contributed by atoms with Gasteiger partial charge < -0.3 is 4.43 Å². The highest BCUT2D eigenvalue weighted by Gasteiger charge is 2.33. The maximum Gasteiger partial charge on any atom is 0.186 e. The van der Waals surface area contributed by atoms with Crippen molar-refractivity contribution in [1.82, 2.24) is 0 Å². The predicted molar refractivity (Wildman–Crippen MR) is 60.4 cm³/mol. The van der Waals surface area contributed by atoms with E-state index in [1.165, 1.54) is 18.9 Å². The molecule has 0 spiro atoms. The summed E-state index contributed by atoms with van der Waals surface area (Å²) in [7, 11) is -1.31. The Morgan fingerprint density at radius 2 is 1.85 bits per heavy atom. The second-order valence-corrected chi connectivity index (χ2v) is 9.79. The molecule has 1 fully saturated rings. The molecule has 1 rings (SSSR count). The van der Waals surface area contributed by atoms with Crippen LogP contribution in [0.25, 0.3) is 0 Å². The summed E-state index contributed by atoms with van der Waals surface area (Å²) >= 11 is 0. The molecule has 0 aromatic carbocycles. The topological polar surface area (TPSA) is 9.23 Å². The molecule has 3 atom stereocenters. The van der Waals surface area contributed by atoms with E-state index in [1.54, 1.807) is 0 Å². The lowest BCUT2D eigenvalue weighted by Gasteiger charge is -2.28. The zero-order chi connectivity index (χ0) is 10.1. The molecule has 1 aliphatic rings. The van der Waals surface area contributed by atoms with E-state index in [0.29, 0.717) is 6.10 Å². The molecule has 78 valence electrons. The van der Waals surface area contributed by atoms with Gasteiger partial charge in [-0.3, -0.25) is 0 Å². The van der Waals surface area contributed by atoms with Gasteiger partial charge in [0.05, 0.1) is 0 Å². The summed E-state index contributed by atoms with van der Waals surface area (Å²) in [4.78, 5) is 0. The molecule has 0 aromatic rings. The van der Waals surface area contributed by atoms with Crippen LogP contribution in [0.15, 0.2) is 0 Å². The van der Waals surface area contributed by atoms with Gasteiger partial charge in [-0.15, -0.1) is 0 Å². The van der Waals surface area contributed by atoms with Crippen LogP contribution in [0.3, 0.4) is 0 Å². The van der Waals surface area contributed by atoms with Crippen molar-refractivity contribution in [1.29, 1.82) is 0 Å². The van der Waals surface area contributed by atoms with Crippen LogP contribution >= 0.6 is 0 Å². The smallest absolute Gasteiger partial charge is 0.186 e. The van der Waals surface area contributed by atoms with E-state index in [-0.39, 0.29) is 0 Å². The fraction of sp³-hybridized carbons (Fsp3) is 1.00. The Bertz CT molecular complexity index is 167. The molecular weight excluding hydrogens is 176 g/mol. The lowest BCUT2D eigenvalue weighted by atomic mass is 10.1. The maximum absolute atomic E-state index is 6.27. The molecule has 1 saturated carbocycles. The third-order valence-corrected chi connectivity index (χ3v) is 6.01. The molecule has 0 aliphatic heterocycles. The Kier molecular flexibility index (Phi) is 3.58. The average Bonchev–Trinajstić information content (AvgIpc) is 2.30. The molecule has 1 nitrogen and oxygen atoms in total. The summed E-state index contributed by atoms with van der Waals surface area (Å²) in [5.41, 5.74) is 0. The third-order valence-electron chi connectivity index (χ3n) is 3.37. The zero-order valence-corrected chi connectivity index (χ0v) is 10.8. The van der Waals surface area contributed by atoms with Gasteiger partial charge in [-0.2, -0.15) is 0 Å². The van der Waals surface area contributed by atoms with Crippen LogP contribution in [0.4, 0.5) is 0 Å². The van der Waals surface area contributed by atoms with Gasteiger partial charge in [0.1, 0.15) is 0 Å². The minimum absolute atomic E-state index is 0.566. The van der Waals surface area contributed by atoms with Crippen molar-refractivity contribution >= 4 is 8.32 Å². The lowest BCUT2D eigenvalue weighted by molar-refractivity contribution is 0.156. The zero-order valence-electron chi connectivity index (χ0n) is 9.76. The summed E-state index contributed by atoms with van der Waals surface area (Å²) in [6.45, 7) is 11.6. The molecule has 3 unspecified atom stereocenters. The molecular formula is C11H24OSi. The average molecular weight is 200 g/mol. The van der Waals surface area contributed by atoms with Gasteiger partial charge in [-0.05, 0) is 43.8 Å². The van der Waals surface area contributed by atoms with Crippen LogP contribution in [-0.4, -0.2) is 14.4 Å². The van der Waals surface area contributed by atoms with Gasteiger partial charge >= 0.3 is 0 Å². The fourth-order valence-electron chi connectivity index (χ4n) is 2.17. The van der Waals surface area contributed by atoms with Crippen LogP contribution in [0, 0.1) is 11.8 Å². The quantitative estimate of drug-likeness (QED) is 0.632.